The number of rotatable bonds is 26. The summed E-state index contributed by atoms with van der Waals surface area (Å²) in [6.07, 6.45) is 21.7. The number of para-hydroxylation sites is 1. The maximum absolute atomic E-state index is 5.91. The Balaban J connectivity index is 0.000000929. The molecule has 0 radical (unpaired) electrons. The fourth-order valence-electron chi connectivity index (χ4n) is 12.0. The maximum Gasteiger partial charge on any atom is 0.0698 e. The molecular formula is C74H110N8S. The highest BCUT2D eigenvalue weighted by atomic mass is 32.2. The number of anilines is 1. The second kappa shape index (κ2) is 32.4. The number of hydrogen-bond acceptors (Lipinski definition) is 7. The van der Waals surface area contributed by atoms with Crippen molar-refractivity contribution in [3.63, 3.8) is 0 Å². The van der Waals surface area contributed by atoms with Crippen LogP contribution in [0, 0.1) is 30.1 Å². The molecule has 7 rings (SSSR count). The first kappa shape index (κ1) is 67.9. The highest BCUT2D eigenvalue weighted by Gasteiger charge is 2.30. The first-order chi connectivity index (χ1) is 39.4. The van der Waals surface area contributed by atoms with Gasteiger partial charge in [-0.25, -0.2) is 9.21 Å². The predicted molar refractivity (Wildman–Crippen MR) is 371 cm³/mol. The van der Waals surface area contributed by atoms with Gasteiger partial charge in [0.05, 0.1) is 30.0 Å². The average Bonchev–Trinajstić information content (AvgIpc) is 2.24. The molecule has 3 heterocycles. The summed E-state index contributed by atoms with van der Waals surface area (Å²) >= 11 is 0. The van der Waals surface area contributed by atoms with Crippen molar-refractivity contribution in [3.8, 4) is 34.2 Å². The lowest BCUT2D eigenvalue weighted by molar-refractivity contribution is 0.260. The fourth-order valence-corrected chi connectivity index (χ4v) is 13.2. The number of fused-ring (bicyclic) bond motifs is 1. The van der Waals surface area contributed by atoms with Crippen molar-refractivity contribution < 1.29 is 0 Å². The number of allylic oxidation sites excluding steroid dienone is 2. The van der Waals surface area contributed by atoms with Gasteiger partial charge in [0.1, 0.15) is 0 Å². The largest absolute Gasteiger partial charge is 0.399 e. The summed E-state index contributed by atoms with van der Waals surface area (Å²) in [4.78, 5) is 12.3. The molecule has 452 valence electrons. The van der Waals surface area contributed by atoms with E-state index < -0.39 is 9.21 Å². The molecule has 1 aliphatic carbocycles. The zero-order chi connectivity index (χ0) is 61.0. The third-order valence-corrected chi connectivity index (χ3v) is 19.1. The smallest absolute Gasteiger partial charge is 0.0698 e. The molecular weight excluding hydrogens is 1030 g/mol. The minimum atomic E-state index is -1.08. The molecule has 0 spiro atoms. The van der Waals surface area contributed by atoms with Gasteiger partial charge in [-0.2, -0.15) is 0 Å². The quantitative estimate of drug-likeness (QED) is 0.0167. The van der Waals surface area contributed by atoms with Crippen LogP contribution in [0.15, 0.2) is 128 Å². The monoisotopic (exact) mass is 1140 g/mol. The van der Waals surface area contributed by atoms with Gasteiger partial charge in [-0.15, -0.1) is 6.58 Å². The first-order valence-corrected chi connectivity index (χ1v) is 33.6. The van der Waals surface area contributed by atoms with Gasteiger partial charge in [-0.3, -0.25) is 9.88 Å². The van der Waals surface area contributed by atoms with Gasteiger partial charge >= 0.3 is 0 Å². The highest BCUT2D eigenvalue weighted by molar-refractivity contribution is 8.27. The standard InChI is InChI=1S/C63H93N7S.C6H7N.C5H10/c1-19-22-30-63(12,13)41-57-55-40-52(53-36-46(8)35-51(37-53)39-58(49(11)67(14)32-24-23-31-64)66-48(10)61(44(4)5)68(15)45(6)7)27-28-59(55)70(21-3)62(57)56-38-50(42-65-60(56)47(9)20-2)26-25-33-69-34-29-54(43-69)71(16,17)18;7-6-4-2-1-3-5-6;1-2-4-5-3-1/h19,27-28,35-38,40,42,44,47,54,58,61,66H,1,6,10-11,16-17,20-24,29-34,39,41,43,64H2,2-5,7-9,12-15,18H3;1-5H,7H2;1-5H2/t47?,54-,58?,61?;;/m1../s1. The van der Waals surface area contributed by atoms with Crippen molar-refractivity contribution in [2.75, 3.05) is 58.8 Å². The van der Waals surface area contributed by atoms with E-state index >= 15 is 0 Å². The van der Waals surface area contributed by atoms with Crippen molar-refractivity contribution in [2.24, 2.45) is 17.1 Å². The number of likely N-dealkylation sites (tertiary alicyclic amines) is 1. The van der Waals surface area contributed by atoms with E-state index in [9.17, 15) is 0 Å². The molecule has 2 fully saturated rings. The summed E-state index contributed by atoms with van der Waals surface area (Å²) in [7, 11) is 3.19. The molecule has 83 heavy (non-hydrogen) atoms. The Bertz CT molecular complexity index is 3080. The normalized spacial score (nSPS) is 15.5. The molecule has 3 unspecified atom stereocenters. The van der Waals surface area contributed by atoms with E-state index in [1.54, 1.807) is 0 Å². The molecule has 0 bridgehead atoms. The molecule has 2 aliphatic rings. The second-order valence-electron chi connectivity index (χ2n) is 25.5. The predicted octanol–water partition coefficient (Wildman–Crippen LogP) is 16.4. The number of aromatic nitrogens is 2. The number of aryl methyl sites for hydroxylation is 2. The Kier molecular flexibility index (Phi) is 26.5. The number of nitrogens with zero attached hydrogens (tertiary/aromatic N) is 5. The number of nitrogen functional groups attached to an aromatic ring is 1. The lowest BCUT2D eigenvalue weighted by Gasteiger charge is -2.38. The van der Waals surface area contributed by atoms with Gasteiger partial charge in [0.15, 0.2) is 0 Å². The van der Waals surface area contributed by atoms with Crippen LogP contribution in [-0.2, 0) is 19.4 Å². The maximum atomic E-state index is 5.91. The summed E-state index contributed by atoms with van der Waals surface area (Å²) in [5, 5.41) is 5.78. The van der Waals surface area contributed by atoms with Crippen molar-refractivity contribution in [2.45, 2.75) is 176 Å². The van der Waals surface area contributed by atoms with E-state index in [0.29, 0.717) is 17.7 Å². The van der Waals surface area contributed by atoms with Crippen LogP contribution >= 0.6 is 9.21 Å². The molecule has 1 aliphatic heterocycles. The number of hydrogen-bond donors (Lipinski definition) is 3. The molecule has 0 amide bonds. The van der Waals surface area contributed by atoms with Gasteiger partial charge in [-0.1, -0.05) is 171 Å². The molecule has 4 atom stereocenters. The molecule has 8 nitrogen and oxygen atoms in total. The molecule has 3 aromatic carbocycles. The van der Waals surface area contributed by atoms with E-state index in [4.69, 9.17) is 23.0 Å². The third-order valence-electron chi connectivity index (χ3n) is 17.2. The Labute approximate surface area is 506 Å². The minimum Gasteiger partial charge on any atom is -0.399 e. The van der Waals surface area contributed by atoms with E-state index in [1.165, 1.54) is 82.1 Å². The molecule has 2 aromatic heterocycles. The second-order valence-corrected chi connectivity index (χ2v) is 28.9. The fraction of sp³-hybridized carbons (Fsp3) is 0.500. The lowest BCUT2D eigenvalue weighted by Crippen LogP contribution is -2.46. The van der Waals surface area contributed by atoms with Crippen LogP contribution in [0.5, 0.6) is 0 Å². The summed E-state index contributed by atoms with van der Waals surface area (Å²) in [6.45, 7) is 43.5. The third kappa shape index (κ3) is 19.8. The average molecular weight is 1140 g/mol. The van der Waals surface area contributed by atoms with Crippen LogP contribution in [0.4, 0.5) is 5.69 Å². The van der Waals surface area contributed by atoms with Crippen LogP contribution in [0.25, 0.3) is 33.3 Å². The van der Waals surface area contributed by atoms with E-state index in [2.05, 4.69) is 199 Å². The summed E-state index contributed by atoms with van der Waals surface area (Å²) < 4.78 is 2.55. The van der Waals surface area contributed by atoms with Gasteiger partial charge < -0.3 is 31.2 Å². The summed E-state index contributed by atoms with van der Waals surface area (Å²) in [5.41, 5.74) is 27.3. The Hall–Kier alpha value is -5.92. The molecule has 5 N–H and O–H groups in total. The number of unbranched alkanes of at least 4 members (excludes halogenated alkanes) is 1. The van der Waals surface area contributed by atoms with Crippen molar-refractivity contribution >= 4 is 37.5 Å². The topological polar surface area (TPSA) is 91.6 Å². The number of nitrogens with one attached hydrogen (secondary N) is 1. The number of likely N-dealkylation sites (N-methyl/N-ethyl adjacent to an activating group) is 2. The Morgan fingerprint density at radius 2 is 1.63 bits per heavy atom. The first-order valence-electron chi connectivity index (χ1n) is 31.2. The van der Waals surface area contributed by atoms with Crippen LogP contribution in [0.2, 0.25) is 0 Å². The SMILES string of the molecule is C1CCCC1.C=CCCC(C)(C)Cc1c(-c2cc(C#CCN3CC[C@@H](S(=C)(=C)C)C3)cnc2C(C)CC)n(CC)c2ccc(-c3cc(C)cc(CC(NC(=C)C(C(C)C)N(C)C(=C)C)C(=C)N(C)CCCCN)c3)cc12.Nc1ccccc1. The van der Waals surface area contributed by atoms with Crippen LogP contribution in [-0.4, -0.2) is 106 Å². The zero-order valence-electron chi connectivity index (χ0n) is 53.9. The van der Waals surface area contributed by atoms with Crippen molar-refractivity contribution in [1.29, 1.82) is 0 Å². The van der Waals surface area contributed by atoms with Gasteiger partial charge in [-0.05, 0) is 155 Å². The van der Waals surface area contributed by atoms with Gasteiger partial charge in [0.2, 0.25) is 0 Å². The Morgan fingerprint density at radius 1 is 0.940 bits per heavy atom. The highest BCUT2D eigenvalue weighted by Crippen LogP contribution is 2.43. The molecule has 5 aromatic rings. The van der Waals surface area contributed by atoms with Crippen LogP contribution in [0.1, 0.15) is 160 Å². The molecule has 1 saturated heterocycles. The van der Waals surface area contributed by atoms with Crippen LogP contribution < -0.4 is 16.8 Å². The minimum absolute atomic E-state index is 0.0245. The summed E-state index contributed by atoms with van der Waals surface area (Å²) in [5.74, 6) is 16.6. The van der Waals surface area contributed by atoms with E-state index in [1.807, 2.05) is 36.5 Å². The summed E-state index contributed by atoms with van der Waals surface area (Å²) in [6, 6.07) is 26.1. The Morgan fingerprint density at radius 3 is 2.19 bits per heavy atom. The van der Waals surface area contributed by atoms with Gasteiger partial charge in [0, 0.05) is 96.5 Å². The van der Waals surface area contributed by atoms with Crippen LogP contribution in [0.3, 0.4) is 0 Å². The van der Waals surface area contributed by atoms with E-state index in [-0.39, 0.29) is 23.4 Å². The van der Waals surface area contributed by atoms with Gasteiger partial charge in [0.25, 0.3) is 0 Å². The molecule has 9 heteroatoms. The lowest BCUT2D eigenvalue weighted by atomic mass is 9.79. The number of pyridine rings is 1. The molecule has 1 saturated carbocycles. The van der Waals surface area contributed by atoms with Crippen molar-refractivity contribution in [3.05, 3.63) is 156 Å². The number of nitrogens with two attached hydrogens (primary N) is 2. The van der Waals surface area contributed by atoms with E-state index in [0.717, 1.165) is 118 Å². The number of benzene rings is 3. The zero-order valence-corrected chi connectivity index (χ0v) is 54.8. The van der Waals surface area contributed by atoms with Crippen molar-refractivity contribution in [1.82, 2.24) is 29.6 Å².